The molecule has 18 heavy (non-hydrogen) atoms. The van der Waals surface area contributed by atoms with Gasteiger partial charge in [0.1, 0.15) is 6.54 Å². The van der Waals surface area contributed by atoms with Crippen molar-refractivity contribution < 1.29 is 9.53 Å². The topological polar surface area (TPSA) is 38.3 Å². The first kappa shape index (κ1) is 15.4. The van der Waals surface area contributed by atoms with Crippen LogP contribution in [0.2, 0.25) is 15.1 Å². The Balaban J connectivity index is 2.48. The fourth-order valence-corrected chi connectivity index (χ4v) is 1.82. The van der Waals surface area contributed by atoms with Crippen molar-refractivity contribution >= 4 is 46.5 Å². The molecule has 0 saturated carbocycles. The van der Waals surface area contributed by atoms with Crippen LogP contribution in [0, 0.1) is 0 Å². The average Bonchev–Trinajstić information content (AvgIpc) is 2.32. The summed E-state index contributed by atoms with van der Waals surface area (Å²) in [6, 6.07) is 3.10. The number of rotatable bonds is 6. The van der Waals surface area contributed by atoms with Crippen molar-refractivity contribution in [1.82, 2.24) is 0 Å². The van der Waals surface area contributed by atoms with E-state index in [1.165, 1.54) is 6.07 Å². The van der Waals surface area contributed by atoms with E-state index < -0.39 is 0 Å². The van der Waals surface area contributed by atoms with Gasteiger partial charge in [0, 0.05) is 0 Å². The van der Waals surface area contributed by atoms with E-state index in [9.17, 15) is 4.79 Å². The highest BCUT2D eigenvalue weighted by molar-refractivity contribution is 6.44. The highest BCUT2D eigenvalue weighted by Crippen LogP contribution is 2.32. The molecule has 6 heteroatoms. The van der Waals surface area contributed by atoms with Crippen LogP contribution in [0.1, 0.15) is 19.8 Å². The first-order chi connectivity index (χ1) is 8.54. The lowest BCUT2D eigenvalue weighted by molar-refractivity contribution is -0.141. The highest BCUT2D eigenvalue weighted by atomic mass is 35.5. The second-order valence-electron chi connectivity index (χ2n) is 3.67. The highest BCUT2D eigenvalue weighted by Gasteiger charge is 2.08. The van der Waals surface area contributed by atoms with Gasteiger partial charge in [-0.25, -0.2) is 0 Å². The fourth-order valence-electron chi connectivity index (χ4n) is 1.21. The van der Waals surface area contributed by atoms with Crippen molar-refractivity contribution in [2.45, 2.75) is 19.8 Å². The summed E-state index contributed by atoms with van der Waals surface area (Å²) >= 11 is 17.6. The van der Waals surface area contributed by atoms with Gasteiger partial charge in [-0.05, 0) is 18.6 Å². The van der Waals surface area contributed by atoms with Gasteiger partial charge >= 0.3 is 5.97 Å². The van der Waals surface area contributed by atoms with Crippen LogP contribution in [0.5, 0.6) is 0 Å². The zero-order valence-corrected chi connectivity index (χ0v) is 12.2. The maximum Gasteiger partial charge on any atom is 0.325 e. The van der Waals surface area contributed by atoms with E-state index in [0.29, 0.717) is 27.4 Å². The molecule has 0 aliphatic rings. The molecule has 1 N–H and O–H groups in total. The largest absolute Gasteiger partial charge is 0.464 e. The van der Waals surface area contributed by atoms with Crippen LogP contribution < -0.4 is 5.32 Å². The van der Waals surface area contributed by atoms with E-state index in [-0.39, 0.29) is 12.5 Å². The third kappa shape index (κ3) is 4.92. The number of halogens is 3. The summed E-state index contributed by atoms with van der Waals surface area (Å²) in [5, 5.41) is 4.02. The van der Waals surface area contributed by atoms with Gasteiger partial charge in [-0.3, -0.25) is 4.79 Å². The molecule has 0 atom stereocenters. The summed E-state index contributed by atoms with van der Waals surface area (Å²) in [5.74, 6) is -0.328. The Morgan fingerprint density at radius 1 is 1.22 bits per heavy atom. The number of hydrogen-bond donors (Lipinski definition) is 1. The van der Waals surface area contributed by atoms with Crippen molar-refractivity contribution in [2.24, 2.45) is 0 Å². The van der Waals surface area contributed by atoms with Crippen LogP contribution in [-0.4, -0.2) is 19.1 Å². The Hall–Kier alpha value is -0.640. The molecule has 0 aromatic heterocycles. The van der Waals surface area contributed by atoms with E-state index >= 15 is 0 Å². The van der Waals surface area contributed by atoms with Gasteiger partial charge in [0.2, 0.25) is 0 Å². The standard InChI is InChI=1S/C12H14Cl3NO2/c1-2-3-4-18-12(17)7-16-11-6-9(14)8(13)5-10(11)15/h5-6,16H,2-4,7H2,1H3. The molecule has 1 aromatic rings. The van der Waals surface area contributed by atoms with Crippen LogP contribution in [0.15, 0.2) is 12.1 Å². The third-order valence-electron chi connectivity index (χ3n) is 2.19. The Kier molecular flexibility index (Phi) is 6.61. The third-order valence-corrected chi connectivity index (χ3v) is 3.23. The lowest BCUT2D eigenvalue weighted by Crippen LogP contribution is -2.17. The molecule has 0 heterocycles. The second kappa shape index (κ2) is 7.72. The minimum atomic E-state index is -0.328. The summed E-state index contributed by atoms with van der Waals surface area (Å²) in [5.41, 5.74) is 0.554. The van der Waals surface area contributed by atoms with Crippen molar-refractivity contribution in [3.05, 3.63) is 27.2 Å². The summed E-state index contributed by atoms with van der Waals surface area (Å²) in [7, 11) is 0. The Bertz CT molecular complexity index is 424. The number of nitrogens with one attached hydrogen (secondary N) is 1. The van der Waals surface area contributed by atoms with Gasteiger partial charge in [-0.2, -0.15) is 0 Å². The molecule has 0 spiro atoms. The smallest absolute Gasteiger partial charge is 0.325 e. The molecule has 0 amide bonds. The predicted molar refractivity (Wildman–Crippen MR) is 75.8 cm³/mol. The van der Waals surface area contributed by atoms with Crippen molar-refractivity contribution in [2.75, 3.05) is 18.5 Å². The number of carbonyl (C=O) groups excluding carboxylic acids is 1. The molecule has 100 valence electrons. The van der Waals surface area contributed by atoms with Gasteiger partial charge < -0.3 is 10.1 Å². The van der Waals surface area contributed by atoms with Gasteiger partial charge in [-0.15, -0.1) is 0 Å². The zero-order chi connectivity index (χ0) is 13.5. The molecule has 1 aromatic carbocycles. The molecule has 0 saturated heterocycles. The van der Waals surface area contributed by atoms with Crippen molar-refractivity contribution in [3.63, 3.8) is 0 Å². The Labute approximate surface area is 121 Å². The first-order valence-corrected chi connectivity index (χ1v) is 6.72. The minimum Gasteiger partial charge on any atom is -0.464 e. The van der Waals surface area contributed by atoms with E-state index in [2.05, 4.69) is 5.32 Å². The lowest BCUT2D eigenvalue weighted by Gasteiger charge is -2.09. The van der Waals surface area contributed by atoms with Crippen LogP contribution in [0.25, 0.3) is 0 Å². The summed E-state index contributed by atoms with van der Waals surface area (Å²) in [6.45, 7) is 2.51. The number of esters is 1. The number of anilines is 1. The maximum absolute atomic E-state index is 11.4. The monoisotopic (exact) mass is 309 g/mol. The summed E-state index contributed by atoms with van der Waals surface area (Å²) in [4.78, 5) is 11.4. The van der Waals surface area contributed by atoms with E-state index in [1.54, 1.807) is 6.07 Å². The van der Waals surface area contributed by atoms with Crippen LogP contribution in [0.4, 0.5) is 5.69 Å². The molecule has 1 rings (SSSR count). The number of carbonyl (C=O) groups is 1. The quantitative estimate of drug-likeness (QED) is 0.481. The molecular formula is C12H14Cl3NO2. The molecule has 0 aliphatic carbocycles. The molecule has 0 bridgehead atoms. The number of unbranched alkanes of at least 4 members (excludes halogenated alkanes) is 1. The molecule has 0 unspecified atom stereocenters. The lowest BCUT2D eigenvalue weighted by atomic mass is 10.3. The van der Waals surface area contributed by atoms with E-state index in [1.807, 2.05) is 6.92 Å². The van der Waals surface area contributed by atoms with Crippen LogP contribution in [-0.2, 0) is 9.53 Å². The fraction of sp³-hybridized carbons (Fsp3) is 0.417. The Morgan fingerprint density at radius 2 is 1.89 bits per heavy atom. The SMILES string of the molecule is CCCCOC(=O)CNc1cc(Cl)c(Cl)cc1Cl. The normalized spacial score (nSPS) is 10.2. The molecule has 0 fully saturated rings. The second-order valence-corrected chi connectivity index (χ2v) is 4.90. The molecule has 0 aliphatic heterocycles. The summed E-state index contributed by atoms with van der Waals surface area (Å²) in [6.07, 6.45) is 1.85. The van der Waals surface area contributed by atoms with Crippen LogP contribution in [0.3, 0.4) is 0 Å². The molecular weight excluding hydrogens is 296 g/mol. The molecule has 0 radical (unpaired) electrons. The average molecular weight is 311 g/mol. The predicted octanol–water partition coefficient (Wildman–Crippen LogP) is 4.40. The van der Waals surface area contributed by atoms with E-state index in [4.69, 9.17) is 39.5 Å². The minimum absolute atomic E-state index is 0.0431. The van der Waals surface area contributed by atoms with Gasteiger partial charge in [0.15, 0.2) is 0 Å². The van der Waals surface area contributed by atoms with Gasteiger partial charge in [-0.1, -0.05) is 48.1 Å². The maximum atomic E-state index is 11.4. The van der Waals surface area contributed by atoms with Crippen LogP contribution >= 0.6 is 34.8 Å². The van der Waals surface area contributed by atoms with Gasteiger partial charge in [0.05, 0.1) is 27.4 Å². The van der Waals surface area contributed by atoms with E-state index in [0.717, 1.165) is 12.8 Å². The molecule has 3 nitrogen and oxygen atoms in total. The van der Waals surface area contributed by atoms with Crippen molar-refractivity contribution in [3.8, 4) is 0 Å². The summed E-state index contributed by atoms with van der Waals surface area (Å²) < 4.78 is 4.99. The Morgan fingerprint density at radius 3 is 2.56 bits per heavy atom. The number of ether oxygens (including phenoxy) is 1. The van der Waals surface area contributed by atoms with Gasteiger partial charge in [0.25, 0.3) is 0 Å². The zero-order valence-electron chi connectivity index (χ0n) is 9.93. The van der Waals surface area contributed by atoms with Crippen molar-refractivity contribution in [1.29, 1.82) is 0 Å². The number of benzene rings is 1. The first-order valence-electron chi connectivity index (χ1n) is 5.58. The number of hydrogen-bond acceptors (Lipinski definition) is 3.